The molecule has 1 rings (SSSR count). The van der Waals surface area contributed by atoms with Crippen LogP contribution in [0.1, 0.15) is 32.1 Å². The summed E-state index contributed by atoms with van der Waals surface area (Å²) in [6, 6.07) is 0. The summed E-state index contributed by atoms with van der Waals surface area (Å²) in [6.07, 6.45) is 5.13. The standard InChI is InChI=1S/C12H23NO3/c1-16-8-3-2-7-13-9-10-5-4-6-11(10)12(14)15/h10-11,13H,2-9H2,1H3,(H,14,15). The molecule has 0 amide bonds. The molecule has 1 aliphatic rings. The van der Waals surface area contributed by atoms with Crippen LogP contribution < -0.4 is 5.32 Å². The largest absolute Gasteiger partial charge is 0.481 e. The lowest BCUT2D eigenvalue weighted by Crippen LogP contribution is -2.29. The van der Waals surface area contributed by atoms with Gasteiger partial charge in [0.1, 0.15) is 0 Å². The first-order chi connectivity index (χ1) is 7.75. The van der Waals surface area contributed by atoms with Gasteiger partial charge in [-0.2, -0.15) is 0 Å². The van der Waals surface area contributed by atoms with Crippen LogP contribution in [-0.4, -0.2) is 37.9 Å². The molecule has 4 heteroatoms. The number of rotatable bonds is 8. The molecule has 0 spiro atoms. The average molecular weight is 229 g/mol. The summed E-state index contributed by atoms with van der Waals surface area (Å²) in [5.41, 5.74) is 0. The van der Waals surface area contributed by atoms with E-state index in [9.17, 15) is 4.79 Å². The minimum Gasteiger partial charge on any atom is -0.481 e. The van der Waals surface area contributed by atoms with Crippen molar-refractivity contribution < 1.29 is 14.6 Å². The summed E-state index contributed by atoms with van der Waals surface area (Å²) in [7, 11) is 1.71. The van der Waals surface area contributed by atoms with Crippen molar-refractivity contribution in [2.45, 2.75) is 32.1 Å². The molecule has 2 unspecified atom stereocenters. The first-order valence-electron chi connectivity index (χ1n) is 6.18. The van der Waals surface area contributed by atoms with E-state index < -0.39 is 5.97 Å². The quantitative estimate of drug-likeness (QED) is 0.619. The Balaban J connectivity index is 2.05. The molecule has 0 saturated heterocycles. The predicted molar refractivity (Wildman–Crippen MR) is 62.4 cm³/mol. The van der Waals surface area contributed by atoms with Crippen LogP contribution in [0.5, 0.6) is 0 Å². The van der Waals surface area contributed by atoms with Crippen LogP contribution in [0.15, 0.2) is 0 Å². The molecule has 0 bridgehead atoms. The number of ether oxygens (including phenoxy) is 1. The Morgan fingerprint density at radius 3 is 2.94 bits per heavy atom. The van der Waals surface area contributed by atoms with Crippen molar-refractivity contribution >= 4 is 5.97 Å². The Morgan fingerprint density at radius 1 is 1.44 bits per heavy atom. The second-order valence-electron chi connectivity index (χ2n) is 4.54. The molecule has 0 heterocycles. The highest BCUT2D eigenvalue weighted by molar-refractivity contribution is 5.70. The second kappa shape index (κ2) is 7.63. The van der Waals surface area contributed by atoms with Gasteiger partial charge in [0, 0.05) is 13.7 Å². The fourth-order valence-corrected chi connectivity index (χ4v) is 2.39. The number of nitrogens with one attached hydrogen (secondary N) is 1. The van der Waals surface area contributed by atoms with Crippen LogP contribution in [-0.2, 0) is 9.53 Å². The fourth-order valence-electron chi connectivity index (χ4n) is 2.39. The molecule has 0 radical (unpaired) electrons. The van der Waals surface area contributed by atoms with Crippen molar-refractivity contribution in [3.05, 3.63) is 0 Å². The van der Waals surface area contributed by atoms with Crippen molar-refractivity contribution in [3.8, 4) is 0 Å². The number of methoxy groups -OCH3 is 1. The zero-order chi connectivity index (χ0) is 11.8. The van der Waals surface area contributed by atoms with Gasteiger partial charge in [-0.25, -0.2) is 0 Å². The van der Waals surface area contributed by atoms with E-state index in [1.165, 1.54) is 0 Å². The van der Waals surface area contributed by atoms with E-state index in [0.717, 1.165) is 51.8 Å². The lowest BCUT2D eigenvalue weighted by atomic mass is 9.96. The van der Waals surface area contributed by atoms with Crippen LogP contribution in [0, 0.1) is 11.8 Å². The monoisotopic (exact) mass is 229 g/mol. The van der Waals surface area contributed by atoms with Gasteiger partial charge in [0.15, 0.2) is 0 Å². The first kappa shape index (κ1) is 13.5. The number of hydrogen-bond acceptors (Lipinski definition) is 3. The van der Waals surface area contributed by atoms with Crippen molar-refractivity contribution in [3.63, 3.8) is 0 Å². The third kappa shape index (κ3) is 4.49. The van der Waals surface area contributed by atoms with Gasteiger partial charge in [0.2, 0.25) is 0 Å². The third-order valence-electron chi connectivity index (χ3n) is 3.33. The van der Waals surface area contributed by atoms with E-state index in [4.69, 9.17) is 9.84 Å². The summed E-state index contributed by atoms with van der Waals surface area (Å²) in [6.45, 7) is 2.62. The predicted octanol–water partition coefficient (Wildman–Crippen LogP) is 1.50. The number of aliphatic carboxylic acids is 1. The highest BCUT2D eigenvalue weighted by atomic mass is 16.5. The molecule has 2 atom stereocenters. The van der Waals surface area contributed by atoms with Gasteiger partial charge in [-0.3, -0.25) is 4.79 Å². The molecule has 94 valence electrons. The van der Waals surface area contributed by atoms with Crippen molar-refractivity contribution in [1.82, 2.24) is 5.32 Å². The highest BCUT2D eigenvalue weighted by Crippen LogP contribution is 2.31. The Hall–Kier alpha value is -0.610. The molecule has 0 aromatic rings. The molecular weight excluding hydrogens is 206 g/mol. The molecule has 2 N–H and O–H groups in total. The van der Waals surface area contributed by atoms with Crippen molar-refractivity contribution in [1.29, 1.82) is 0 Å². The van der Waals surface area contributed by atoms with Gasteiger partial charge in [-0.15, -0.1) is 0 Å². The highest BCUT2D eigenvalue weighted by Gasteiger charge is 2.32. The molecular formula is C12H23NO3. The molecule has 1 saturated carbocycles. The van der Waals surface area contributed by atoms with E-state index in [-0.39, 0.29) is 5.92 Å². The molecule has 0 aromatic carbocycles. The zero-order valence-electron chi connectivity index (χ0n) is 10.1. The van der Waals surface area contributed by atoms with Crippen LogP contribution in [0.25, 0.3) is 0 Å². The topological polar surface area (TPSA) is 58.6 Å². The SMILES string of the molecule is COCCCCNCC1CCCC1C(=O)O. The number of carboxylic acids is 1. The van der Waals surface area contributed by atoms with E-state index in [1.807, 2.05) is 0 Å². The van der Waals surface area contributed by atoms with E-state index in [2.05, 4.69) is 5.32 Å². The number of carbonyl (C=O) groups is 1. The van der Waals surface area contributed by atoms with Gasteiger partial charge in [0.25, 0.3) is 0 Å². The summed E-state index contributed by atoms with van der Waals surface area (Å²) >= 11 is 0. The Kier molecular flexibility index (Phi) is 6.42. The average Bonchev–Trinajstić information content (AvgIpc) is 2.71. The zero-order valence-corrected chi connectivity index (χ0v) is 10.1. The Morgan fingerprint density at radius 2 is 2.25 bits per heavy atom. The maximum Gasteiger partial charge on any atom is 0.306 e. The summed E-state index contributed by atoms with van der Waals surface area (Å²) in [5, 5.41) is 12.4. The van der Waals surface area contributed by atoms with E-state index in [1.54, 1.807) is 7.11 Å². The maximum atomic E-state index is 10.9. The third-order valence-corrected chi connectivity index (χ3v) is 3.33. The number of unbranched alkanes of at least 4 members (excludes halogenated alkanes) is 1. The first-order valence-corrected chi connectivity index (χ1v) is 6.18. The van der Waals surface area contributed by atoms with Crippen LogP contribution in [0.3, 0.4) is 0 Å². The van der Waals surface area contributed by atoms with Crippen LogP contribution in [0.2, 0.25) is 0 Å². The molecule has 1 fully saturated rings. The minimum atomic E-state index is -0.622. The summed E-state index contributed by atoms with van der Waals surface area (Å²) in [5.74, 6) is -0.407. The van der Waals surface area contributed by atoms with Crippen molar-refractivity contribution in [2.24, 2.45) is 11.8 Å². The molecule has 0 aliphatic heterocycles. The molecule has 16 heavy (non-hydrogen) atoms. The van der Waals surface area contributed by atoms with Gasteiger partial charge < -0.3 is 15.2 Å². The Labute approximate surface area is 97.4 Å². The van der Waals surface area contributed by atoms with E-state index >= 15 is 0 Å². The van der Waals surface area contributed by atoms with Crippen LogP contribution in [0.4, 0.5) is 0 Å². The molecule has 1 aliphatic carbocycles. The normalized spacial score (nSPS) is 24.8. The molecule has 0 aromatic heterocycles. The number of carboxylic acid groups (broad SMARTS) is 1. The second-order valence-corrected chi connectivity index (χ2v) is 4.54. The van der Waals surface area contributed by atoms with E-state index in [0.29, 0.717) is 5.92 Å². The fraction of sp³-hybridized carbons (Fsp3) is 0.917. The van der Waals surface area contributed by atoms with Gasteiger partial charge in [-0.05, 0) is 44.7 Å². The number of hydrogen-bond donors (Lipinski definition) is 2. The Bertz CT molecular complexity index is 208. The minimum absolute atomic E-state index is 0.119. The van der Waals surface area contributed by atoms with Gasteiger partial charge in [0.05, 0.1) is 5.92 Å². The van der Waals surface area contributed by atoms with Crippen molar-refractivity contribution in [2.75, 3.05) is 26.8 Å². The van der Waals surface area contributed by atoms with Crippen LogP contribution >= 0.6 is 0 Å². The molecule has 4 nitrogen and oxygen atoms in total. The van der Waals surface area contributed by atoms with Gasteiger partial charge in [-0.1, -0.05) is 6.42 Å². The summed E-state index contributed by atoms with van der Waals surface area (Å²) < 4.78 is 4.96. The lowest BCUT2D eigenvalue weighted by Gasteiger charge is -2.16. The summed E-state index contributed by atoms with van der Waals surface area (Å²) in [4.78, 5) is 10.9. The maximum absolute atomic E-state index is 10.9. The lowest BCUT2D eigenvalue weighted by molar-refractivity contribution is -0.142. The smallest absolute Gasteiger partial charge is 0.306 e. The van der Waals surface area contributed by atoms with Gasteiger partial charge >= 0.3 is 5.97 Å².